The van der Waals surface area contributed by atoms with E-state index in [2.05, 4.69) is 16.3 Å². The summed E-state index contributed by atoms with van der Waals surface area (Å²) in [5, 5.41) is 0. The molecule has 0 aromatic carbocycles. The van der Waals surface area contributed by atoms with Gasteiger partial charge in [-0.05, 0) is 0 Å². The second kappa shape index (κ2) is 4.69. The van der Waals surface area contributed by atoms with Crippen molar-refractivity contribution in [3.63, 3.8) is 0 Å². The summed E-state index contributed by atoms with van der Waals surface area (Å²) in [6.07, 6.45) is 0. The Bertz CT molecular complexity index is 23.6. The molecular formula is H5FeO5Si. The number of hydrogen-bond donors (Lipinski definition) is 5. The first kappa shape index (κ1) is 10.5. The third-order valence-electron chi connectivity index (χ3n) is 0. The third-order valence-corrected chi connectivity index (χ3v) is 0. The Labute approximate surface area is 49.5 Å². The van der Waals surface area contributed by atoms with Crippen LogP contribution in [0.5, 0.6) is 0 Å². The van der Waals surface area contributed by atoms with Gasteiger partial charge in [0, 0.05) is 0 Å². The molecule has 47 valence electrons. The van der Waals surface area contributed by atoms with Crippen LogP contribution < -0.4 is 0 Å². The summed E-state index contributed by atoms with van der Waals surface area (Å²) in [7, 11) is -4.61. The van der Waals surface area contributed by atoms with Gasteiger partial charge >= 0.3 is 29.6 Å². The van der Waals surface area contributed by atoms with E-state index in [1.54, 1.807) is 0 Å². The van der Waals surface area contributed by atoms with Gasteiger partial charge in [-0.2, -0.15) is 0 Å². The molecule has 0 aliphatic heterocycles. The van der Waals surface area contributed by atoms with Crippen LogP contribution in [0.4, 0.5) is 0 Å². The molecule has 0 spiro atoms. The Morgan fingerprint density at radius 1 is 0.857 bits per heavy atom. The predicted octanol–water partition coefficient (Wildman–Crippen LogP) is -3.17. The van der Waals surface area contributed by atoms with Crippen molar-refractivity contribution in [3.05, 3.63) is 0 Å². The molecule has 7 heavy (non-hydrogen) atoms. The van der Waals surface area contributed by atoms with Crippen molar-refractivity contribution in [2.75, 3.05) is 0 Å². The Morgan fingerprint density at radius 3 is 0.857 bits per heavy atom. The molecule has 0 bridgehead atoms. The molecule has 5 N–H and O–H groups in total. The second-order valence-electron chi connectivity index (χ2n) is 0.600. The van der Waals surface area contributed by atoms with Crippen molar-refractivity contribution in [1.29, 1.82) is 0 Å². The summed E-state index contributed by atoms with van der Waals surface area (Å²) in [5.74, 6) is 0. The standard InChI is InChI=1S/Fe.H4O4Si.H2O/c;1-5(2,3)4;/h;1-4H;1H2/q+1;;/p-1. The zero-order chi connectivity index (χ0) is 6.50. The van der Waals surface area contributed by atoms with Gasteiger partial charge in [0.25, 0.3) is 0 Å². The van der Waals surface area contributed by atoms with E-state index < -0.39 is 9.05 Å². The zero-order valence-corrected chi connectivity index (χ0v) is 5.19. The van der Waals surface area contributed by atoms with Gasteiger partial charge in [0.1, 0.15) is 0 Å². The van der Waals surface area contributed by atoms with Crippen LogP contribution in [0.15, 0.2) is 0 Å². The molecule has 0 aromatic heterocycles. The quantitative estimate of drug-likeness (QED) is 0.246. The summed E-state index contributed by atoms with van der Waals surface area (Å²) in [6.45, 7) is 0. The van der Waals surface area contributed by atoms with Gasteiger partial charge in [0.05, 0.1) is 0 Å². The van der Waals surface area contributed by atoms with Crippen molar-refractivity contribution < 1.29 is 39.7 Å². The molecule has 0 amide bonds. The predicted molar refractivity (Wildman–Crippen MR) is 16.8 cm³/mol. The maximum atomic E-state index is 7.33. The molecule has 0 atom stereocenters. The first-order valence-electron chi connectivity index (χ1n) is 1.05. The van der Waals surface area contributed by atoms with Gasteiger partial charge in [-0.1, -0.05) is 0 Å². The van der Waals surface area contributed by atoms with Gasteiger partial charge in [-0.15, -0.1) is 0 Å². The molecule has 0 saturated carbocycles. The Morgan fingerprint density at radius 2 is 0.857 bits per heavy atom. The Hall–Kier alpha value is 0.536. The van der Waals surface area contributed by atoms with E-state index in [1.807, 2.05) is 0 Å². The molecule has 0 saturated heterocycles. The molecule has 0 rings (SSSR count). The van der Waals surface area contributed by atoms with Crippen molar-refractivity contribution in [3.8, 4) is 0 Å². The van der Waals surface area contributed by atoms with E-state index in [0.717, 1.165) is 0 Å². The van der Waals surface area contributed by atoms with E-state index in [4.69, 9.17) is 23.4 Å². The average molecular weight is 169 g/mol. The molecule has 0 heterocycles. The van der Waals surface area contributed by atoms with Gasteiger partial charge < -0.3 is 19.2 Å². The normalized spacial score (nSPS) is 9.43. The molecule has 7 heteroatoms. The fourth-order valence-electron chi connectivity index (χ4n) is 0. The number of hydrogen-bond acceptors (Lipinski definition) is 5. The van der Waals surface area contributed by atoms with Crippen LogP contribution in [0, 0.1) is 0 Å². The Kier molecular flexibility index (Phi) is 7.04. The third kappa shape index (κ3) is 468. The SMILES string of the molecule is O[Si](O)(O)O.[OH][Fe]. The van der Waals surface area contributed by atoms with Crippen LogP contribution >= 0.6 is 0 Å². The van der Waals surface area contributed by atoms with E-state index in [0.29, 0.717) is 0 Å². The second-order valence-corrected chi connectivity index (χ2v) is 1.80. The molecule has 0 aromatic rings. The van der Waals surface area contributed by atoms with Crippen molar-refractivity contribution >= 4 is 9.05 Å². The van der Waals surface area contributed by atoms with Crippen LogP contribution in [-0.4, -0.2) is 32.4 Å². The molecule has 5 nitrogen and oxygen atoms in total. The summed E-state index contributed by atoms with van der Waals surface area (Å²) >= 11 is 2.25. The summed E-state index contributed by atoms with van der Waals surface area (Å²) in [5.41, 5.74) is 0. The monoisotopic (exact) mass is 169 g/mol. The van der Waals surface area contributed by atoms with E-state index >= 15 is 0 Å². The van der Waals surface area contributed by atoms with Crippen molar-refractivity contribution in [2.45, 2.75) is 0 Å². The Balaban J connectivity index is 0. The van der Waals surface area contributed by atoms with Crippen LogP contribution in [0.2, 0.25) is 0 Å². The minimum atomic E-state index is -4.61. The molecule has 0 radical (unpaired) electrons. The molecular weight excluding hydrogens is 164 g/mol. The minimum absolute atomic E-state index is 2.25. The van der Waals surface area contributed by atoms with Crippen LogP contribution in [0.3, 0.4) is 0 Å². The summed E-state index contributed by atoms with van der Waals surface area (Å²) in [4.78, 5) is 29.3. The molecule has 0 aliphatic rings. The maximum absolute atomic E-state index is 7.33. The zero-order valence-electron chi connectivity index (χ0n) is 3.09. The van der Waals surface area contributed by atoms with Crippen molar-refractivity contribution in [2.24, 2.45) is 0 Å². The van der Waals surface area contributed by atoms with Crippen LogP contribution in [-0.2, 0) is 16.3 Å². The molecule has 0 fully saturated rings. The van der Waals surface area contributed by atoms with Gasteiger partial charge in [-0.25, -0.2) is 0 Å². The first-order valence-corrected chi connectivity index (χ1v) is 3.34. The van der Waals surface area contributed by atoms with E-state index in [9.17, 15) is 0 Å². The summed E-state index contributed by atoms with van der Waals surface area (Å²) < 4.78 is 6.75. The van der Waals surface area contributed by atoms with Crippen molar-refractivity contribution in [1.82, 2.24) is 0 Å². The molecule has 0 aliphatic carbocycles. The van der Waals surface area contributed by atoms with Crippen LogP contribution in [0.25, 0.3) is 0 Å². The topological polar surface area (TPSA) is 101 Å². The first-order chi connectivity index (χ1) is 3.00. The fourth-order valence-corrected chi connectivity index (χ4v) is 0. The van der Waals surface area contributed by atoms with E-state index in [1.165, 1.54) is 0 Å². The summed E-state index contributed by atoms with van der Waals surface area (Å²) in [6, 6.07) is 0. The molecule has 0 unspecified atom stereocenters. The average Bonchev–Trinajstić information content (AvgIpc) is 1.36. The van der Waals surface area contributed by atoms with Gasteiger partial charge in [0.2, 0.25) is 0 Å². The van der Waals surface area contributed by atoms with Crippen LogP contribution in [0.1, 0.15) is 0 Å². The number of rotatable bonds is 0. The van der Waals surface area contributed by atoms with Gasteiger partial charge in [0.15, 0.2) is 0 Å². The fraction of sp³-hybridized carbons (Fsp3) is 0. The van der Waals surface area contributed by atoms with E-state index in [-0.39, 0.29) is 0 Å². The van der Waals surface area contributed by atoms with Gasteiger partial charge in [-0.3, -0.25) is 0 Å².